The van der Waals surface area contributed by atoms with Crippen LogP contribution in [0.3, 0.4) is 0 Å². The molecule has 4 heterocycles. The molecule has 2 aliphatic rings. The molecule has 0 aliphatic carbocycles. The fourth-order valence-corrected chi connectivity index (χ4v) is 4.38. The van der Waals surface area contributed by atoms with Crippen LogP contribution in [0.15, 0.2) is 18.3 Å². The number of nitrogens with one attached hydrogen (secondary N) is 2. The molecule has 0 saturated carbocycles. The van der Waals surface area contributed by atoms with Gasteiger partial charge in [-0.3, -0.25) is 4.79 Å². The highest BCUT2D eigenvalue weighted by atomic mass is 16.2. The number of likely N-dealkylation sites (tertiary alicyclic amines) is 2. The van der Waals surface area contributed by atoms with Crippen molar-refractivity contribution in [3.63, 3.8) is 0 Å². The zero-order valence-corrected chi connectivity index (χ0v) is 17.2. The van der Waals surface area contributed by atoms with Crippen molar-refractivity contribution in [2.24, 2.45) is 5.92 Å². The van der Waals surface area contributed by atoms with Gasteiger partial charge in [0.1, 0.15) is 5.82 Å². The SMILES string of the molecule is CC(C)NC(=O)N1CCC(C(=O)N2CCCC(c3nc4ncccc4[nH]3)C2)CC1. The van der Waals surface area contributed by atoms with E-state index in [4.69, 9.17) is 0 Å². The minimum Gasteiger partial charge on any atom is -0.342 e. The lowest BCUT2D eigenvalue weighted by Gasteiger charge is -2.37. The van der Waals surface area contributed by atoms with Crippen molar-refractivity contribution in [2.45, 2.75) is 51.5 Å². The van der Waals surface area contributed by atoms with Crippen LogP contribution in [0.2, 0.25) is 0 Å². The Hall–Kier alpha value is -2.64. The summed E-state index contributed by atoms with van der Waals surface area (Å²) in [4.78, 5) is 41.4. The molecule has 3 amide bonds. The molecule has 8 heteroatoms. The topological polar surface area (TPSA) is 94.2 Å². The van der Waals surface area contributed by atoms with Crippen molar-refractivity contribution >= 4 is 23.1 Å². The molecule has 0 bridgehead atoms. The molecule has 1 atom stereocenters. The first-order chi connectivity index (χ1) is 14.0. The van der Waals surface area contributed by atoms with Crippen LogP contribution in [0.5, 0.6) is 0 Å². The lowest BCUT2D eigenvalue weighted by molar-refractivity contribution is -0.138. The molecule has 8 nitrogen and oxygen atoms in total. The highest BCUT2D eigenvalue weighted by molar-refractivity contribution is 5.80. The molecule has 2 aliphatic heterocycles. The van der Waals surface area contributed by atoms with Gasteiger partial charge in [0.2, 0.25) is 5.91 Å². The van der Waals surface area contributed by atoms with E-state index in [1.807, 2.05) is 35.8 Å². The van der Waals surface area contributed by atoms with Gasteiger partial charge in [0.15, 0.2) is 5.65 Å². The van der Waals surface area contributed by atoms with Crippen LogP contribution in [0, 0.1) is 5.92 Å². The van der Waals surface area contributed by atoms with Gasteiger partial charge in [-0.05, 0) is 51.7 Å². The number of carbonyl (C=O) groups excluding carboxylic acids is 2. The number of aromatic nitrogens is 3. The Morgan fingerprint density at radius 1 is 1.17 bits per heavy atom. The van der Waals surface area contributed by atoms with Crippen LogP contribution in [-0.4, -0.2) is 68.9 Å². The molecule has 4 rings (SSSR count). The number of urea groups is 1. The summed E-state index contributed by atoms with van der Waals surface area (Å²) in [7, 11) is 0. The molecular formula is C21H30N6O2. The van der Waals surface area contributed by atoms with Crippen LogP contribution in [0.25, 0.3) is 11.2 Å². The number of H-pyrrole nitrogens is 1. The molecule has 2 aromatic rings. The van der Waals surface area contributed by atoms with E-state index in [0.717, 1.165) is 49.2 Å². The molecule has 2 fully saturated rings. The Balaban J connectivity index is 1.35. The number of piperidine rings is 2. The molecule has 2 aromatic heterocycles. The first kappa shape index (κ1) is 19.7. The van der Waals surface area contributed by atoms with E-state index < -0.39 is 0 Å². The summed E-state index contributed by atoms with van der Waals surface area (Å²) in [6.45, 7) is 6.70. The Labute approximate surface area is 171 Å². The van der Waals surface area contributed by atoms with E-state index >= 15 is 0 Å². The first-order valence-corrected chi connectivity index (χ1v) is 10.7. The number of carbonyl (C=O) groups is 2. The number of hydrogen-bond acceptors (Lipinski definition) is 4. The average Bonchev–Trinajstić information content (AvgIpc) is 3.17. The van der Waals surface area contributed by atoms with E-state index in [1.165, 1.54) is 0 Å². The van der Waals surface area contributed by atoms with E-state index in [-0.39, 0.29) is 29.8 Å². The van der Waals surface area contributed by atoms with Crippen LogP contribution >= 0.6 is 0 Å². The predicted octanol–water partition coefficient (Wildman–Crippen LogP) is 2.49. The minimum absolute atomic E-state index is 0.00851. The fourth-order valence-electron chi connectivity index (χ4n) is 4.38. The van der Waals surface area contributed by atoms with Gasteiger partial charge >= 0.3 is 6.03 Å². The van der Waals surface area contributed by atoms with E-state index in [0.29, 0.717) is 19.6 Å². The Morgan fingerprint density at radius 3 is 2.69 bits per heavy atom. The maximum absolute atomic E-state index is 13.1. The highest BCUT2D eigenvalue weighted by Gasteiger charge is 2.33. The van der Waals surface area contributed by atoms with Crippen LogP contribution in [-0.2, 0) is 4.79 Å². The molecule has 0 aromatic carbocycles. The van der Waals surface area contributed by atoms with E-state index in [9.17, 15) is 9.59 Å². The molecule has 2 saturated heterocycles. The van der Waals surface area contributed by atoms with Crippen LogP contribution in [0.1, 0.15) is 51.3 Å². The Morgan fingerprint density at radius 2 is 1.97 bits per heavy atom. The lowest BCUT2D eigenvalue weighted by atomic mass is 9.92. The summed E-state index contributed by atoms with van der Waals surface area (Å²) in [5.74, 6) is 1.39. The number of aromatic amines is 1. The van der Waals surface area contributed by atoms with E-state index in [1.54, 1.807) is 6.20 Å². The third-order valence-corrected chi connectivity index (χ3v) is 5.94. The third kappa shape index (κ3) is 4.36. The van der Waals surface area contributed by atoms with Crippen molar-refractivity contribution in [1.82, 2.24) is 30.1 Å². The van der Waals surface area contributed by atoms with Gasteiger partial charge in [0.25, 0.3) is 0 Å². The van der Waals surface area contributed by atoms with Gasteiger partial charge in [-0.15, -0.1) is 0 Å². The van der Waals surface area contributed by atoms with E-state index in [2.05, 4.69) is 20.3 Å². The van der Waals surface area contributed by atoms with Gasteiger partial charge in [0.05, 0.1) is 5.52 Å². The number of nitrogens with zero attached hydrogens (tertiary/aromatic N) is 4. The van der Waals surface area contributed by atoms with Crippen molar-refractivity contribution in [3.8, 4) is 0 Å². The largest absolute Gasteiger partial charge is 0.342 e. The average molecular weight is 399 g/mol. The van der Waals surface area contributed by atoms with Gasteiger partial charge < -0.3 is 20.1 Å². The zero-order chi connectivity index (χ0) is 20.4. The molecule has 29 heavy (non-hydrogen) atoms. The summed E-state index contributed by atoms with van der Waals surface area (Å²) < 4.78 is 0. The normalized spacial score (nSPS) is 21.0. The van der Waals surface area contributed by atoms with Gasteiger partial charge in [-0.1, -0.05) is 0 Å². The predicted molar refractivity (Wildman–Crippen MR) is 110 cm³/mol. The first-order valence-electron chi connectivity index (χ1n) is 10.7. The molecule has 0 radical (unpaired) electrons. The van der Waals surface area contributed by atoms with Gasteiger partial charge in [0, 0.05) is 50.3 Å². The second-order valence-electron chi connectivity index (χ2n) is 8.49. The summed E-state index contributed by atoms with van der Waals surface area (Å²) in [6, 6.07) is 3.98. The second-order valence-corrected chi connectivity index (χ2v) is 8.49. The van der Waals surface area contributed by atoms with Gasteiger partial charge in [-0.25, -0.2) is 14.8 Å². The maximum Gasteiger partial charge on any atom is 0.317 e. The Kier molecular flexibility index (Phi) is 5.69. The fraction of sp³-hybridized carbons (Fsp3) is 0.619. The summed E-state index contributed by atoms with van der Waals surface area (Å²) in [6.07, 6.45) is 5.23. The third-order valence-electron chi connectivity index (χ3n) is 5.94. The molecule has 2 N–H and O–H groups in total. The summed E-state index contributed by atoms with van der Waals surface area (Å²) in [5.41, 5.74) is 1.68. The van der Waals surface area contributed by atoms with Crippen LogP contribution < -0.4 is 5.32 Å². The number of fused-ring (bicyclic) bond motifs is 1. The maximum atomic E-state index is 13.1. The standard InChI is InChI=1S/C21H30N6O2/c1-14(2)23-21(29)26-11-7-15(8-12-26)20(28)27-10-4-5-16(13-27)18-24-17-6-3-9-22-19(17)25-18/h3,6,9,14-16H,4-5,7-8,10-13H2,1-2H3,(H,23,29)(H,22,24,25). The van der Waals surface area contributed by atoms with Crippen LogP contribution in [0.4, 0.5) is 4.79 Å². The number of imidazole rings is 1. The Bertz CT molecular complexity index is 838. The number of amides is 3. The minimum atomic E-state index is -0.0255. The summed E-state index contributed by atoms with van der Waals surface area (Å²) in [5, 5.41) is 2.93. The quantitative estimate of drug-likeness (QED) is 0.831. The highest BCUT2D eigenvalue weighted by Crippen LogP contribution is 2.29. The second kappa shape index (κ2) is 8.39. The van der Waals surface area contributed by atoms with Crippen molar-refractivity contribution in [2.75, 3.05) is 26.2 Å². The zero-order valence-electron chi connectivity index (χ0n) is 17.2. The number of rotatable bonds is 3. The molecule has 156 valence electrons. The number of pyridine rings is 1. The van der Waals surface area contributed by atoms with Crippen molar-refractivity contribution < 1.29 is 9.59 Å². The lowest BCUT2D eigenvalue weighted by Crippen LogP contribution is -2.50. The summed E-state index contributed by atoms with van der Waals surface area (Å²) >= 11 is 0. The van der Waals surface area contributed by atoms with Crippen molar-refractivity contribution in [3.05, 3.63) is 24.2 Å². The van der Waals surface area contributed by atoms with Gasteiger partial charge in [-0.2, -0.15) is 0 Å². The molecular weight excluding hydrogens is 368 g/mol. The number of hydrogen-bond donors (Lipinski definition) is 2. The monoisotopic (exact) mass is 398 g/mol. The molecule has 0 spiro atoms. The van der Waals surface area contributed by atoms with Crippen molar-refractivity contribution in [1.29, 1.82) is 0 Å². The smallest absolute Gasteiger partial charge is 0.317 e. The molecule has 1 unspecified atom stereocenters.